The van der Waals surface area contributed by atoms with Gasteiger partial charge in [0.15, 0.2) is 5.41 Å². The smallest absolute Gasteiger partial charge is 0.322 e. The van der Waals surface area contributed by atoms with Crippen LogP contribution in [0.15, 0.2) is 18.3 Å². The van der Waals surface area contributed by atoms with E-state index in [1.165, 1.54) is 12.3 Å². The zero-order valence-electron chi connectivity index (χ0n) is 7.38. The van der Waals surface area contributed by atoms with Crippen LogP contribution in [0.2, 0.25) is 5.02 Å². The summed E-state index contributed by atoms with van der Waals surface area (Å²) < 4.78 is 26.1. The van der Waals surface area contributed by atoms with Gasteiger partial charge in [-0.25, -0.2) is 8.78 Å². The van der Waals surface area contributed by atoms with Crippen molar-refractivity contribution in [3.8, 4) is 0 Å². The van der Waals surface area contributed by atoms with Gasteiger partial charge in [0.1, 0.15) is 0 Å². The van der Waals surface area contributed by atoms with Crippen LogP contribution in [0.3, 0.4) is 0 Å². The Morgan fingerprint density at radius 1 is 1.60 bits per heavy atom. The number of carboxylic acid groups (broad SMARTS) is 1. The van der Waals surface area contributed by atoms with E-state index < -0.39 is 23.7 Å². The third kappa shape index (κ3) is 1.30. The van der Waals surface area contributed by atoms with Gasteiger partial charge >= 0.3 is 5.97 Å². The number of nitrogens with zero attached hydrogens (tertiary/aromatic N) is 1. The Balaban J connectivity index is 2.50. The summed E-state index contributed by atoms with van der Waals surface area (Å²) in [5.74, 6) is -4.81. The van der Waals surface area contributed by atoms with Gasteiger partial charge in [-0.2, -0.15) is 0 Å². The van der Waals surface area contributed by atoms with E-state index in [-0.39, 0.29) is 10.7 Å². The van der Waals surface area contributed by atoms with E-state index in [2.05, 4.69) is 4.98 Å². The zero-order valence-corrected chi connectivity index (χ0v) is 8.13. The van der Waals surface area contributed by atoms with E-state index in [1.807, 2.05) is 0 Å². The summed E-state index contributed by atoms with van der Waals surface area (Å²) in [6, 6.07) is 2.57. The third-order valence-electron chi connectivity index (χ3n) is 2.51. The fraction of sp³-hybridized carbons (Fsp3) is 0.333. The molecule has 1 N–H and O–H groups in total. The second-order valence-corrected chi connectivity index (χ2v) is 3.89. The van der Waals surface area contributed by atoms with Crippen molar-refractivity contribution in [2.75, 3.05) is 0 Å². The van der Waals surface area contributed by atoms with Crippen molar-refractivity contribution in [1.82, 2.24) is 4.98 Å². The average molecular weight is 234 g/mol. The van der Waals surface area contributed by atoms with Crippen LogP contribution in [-0.4, -0.2) is 22.0 Å². The lowest BCUT2D eigenvalue weighted by molar-refractivity contribution is -0.143. The average Bonchev–Trinajstić information content (AvgIpc) is 2.71. The first-order valence-corrected chi connectivity index (χ1v) is 4.51. The Bertz CT molecular complexity index is 438. The van der Waals surface area contributed by atoms with E-state index in [0.717, 1.165) is 6.07 Å². The van der Waals surface area contributed by atoms with Crippen molar-refractivity contribution in [3.05, 3.63) is 29.0 Å². The summed E-state index contributed by atoms with van der Waals surface area (Å²) in [7, 11) is 0. The fourth-order valence-electron chi connectivity index (χ4n) is 1.55. The fourth-order valence-corrected chi connectivity index (χ4v) is 1.71. The van der Waals surface area contributed by atoms with Crippen LogP contribution in [0.1, 0.15) is 12.1 Å². The molecule has 1 atom stereocenters. The van der Waals surface area contributed by atoms with Gasteiger partial charge in [-0.05, 0) is 12.1 Å². The molecule has 15 heavy (non-hydrogen) atoms. The quantitative estimate of drug-likeness (QED) is 0.851. The highest BCUT2D eigenvalue weighted by Gasteiger charge is 2.78. The van der Waals surface area contributed by atoms with Crippen molar-refractivity contribution in [2.45, 2.75) is 17.8 Å². The van der Waals surface area contributed by atoms with Gasteiger partial charge in [0.25, 0.3) is 5.92 Å². The monoisotopic (exact) mass is 233 g/mol. The van der Waals surface area contributed by atoms with Gasteiger partial charge in [-0.1, -0.05) is 11.6 Å². The zero-order chi connectivity index (χ0) is 11.3. The van der Waals surface area contributed by atoms with Crippen molar-refractivity contribution >= 4 is 17.6 Å². The maximum absolute atomic E-state index is 13.1. The van der Waals surface area contributed by atoms with E-state index in [0.29, 0.717) is 0 Å². The maximum atomic E-state index is 13.1. The number of aliphatic carboxylic acids is 1. The molecule has 6 heteroatoms. The normalized spacial score (nSPS) is 27.4. The van der Waals surface area contributed by atoms with Crippen molar-refractivity contribution in [1.29, 1.82) is 0 Å². The SMILES string of the molecule is O=C(O)C1(c2cc(Cl)ccn2)CC1(F)F. The van der Waals surface area contributed by atoms with Crippen LogP contribution >= 0.6 is 11.6 Å². The summed E-state index contributed by atoms with van der Waals surface area (Å²) in [6.45, 7) is 0. The molecule has 1 aromatic heterocycles. The topological polar surface area (TPSA) is 50.2 Å². The van der Waals surface area contributed by atoms with E-state index >= 15 is 0 Å². The molecule has 1 saturated carbocycles. The first-order chi connectivity index (χ1) is 6.90. The Morgan fingerprint density at radius 3 is 2.60 bits per heavy atom. The van der Waals surface area contributed by atoms with Gasteiger partial charge in [-0.15, -0.1) is 0 Å². The molecule has 1 aliphatic rings. The number of alkyl halides is 2. The van der Waals surface area contributed by atoms with E-state index in [4.69, 9.17) is 16.7 Å². The number of rotatable bonds is 2. The van der Waals surface area contributed by atoms with Crippen LogP contribution in [0.4, 0.5) is 8.78 Å². The Labute approximate surface area is 88.7 Å². The molecule has 1 fully saturated rings. The van der Waals surface area contributed by atoms with Crippen LogP contribution in [-0.2, 0) is 10.2 Å². The molecule has 2 rings (SSSR count). The second kappa shape index (κ2) is 2.88. The van der Waals surface area contributed by atoms with Crippen molar-refractivity contribution < 1.29 is 18.7 Å². The predicted octanol–water partition coefficient (Wildman–Crippen LogP) is 2.10. The molecular weight excluding hydrogens is 228 g/mol. The summed E-state index contributed by atoms with van der Waals surface area (Å²) in [5, 5.41) is 9.02. The molecule has 1 aromatic rings. The lowest BCUT2D eigenvalue weighted by atomic mass is 10.0. The Kier molecular flexibility index (Phi) is 1.98. The summed E-state index contributed by atoms with van der Waals surface area (Å²) in [6.07, 6.45) is 0.499. The summed E-state index contributed by atoms with van der Waals surface area (Å²) in [4.78, 5) is 14.5. The Hall–Kier alpha value is -1.23. The van der Waals surface area contributed by atoms with E-state index in [1.54, 1.807) is 0 Å². The summed E-state index contributed by atoms with van der Waals surface area (Å²) in [5.41, 5.74) is -2.37. The number of carbonyl (C=O) groups is 1. The molecule has 0 amide bonds. The van der Waals surface area contributed by atoms with Gasteiger partial charge in [0, 0.05) is 17.6 Å². The van der Waals surface area contributed by atoms with Crippen molar-refractivity contribution in [3.63, 3.8) is 0 Å². The molecule has 1 aliphatic carbocycles. The van der Waals surface area contributed by atoms with Crippen molar-refractivity contribution in [2.24, 2.45) is 0 Å². The highest BCUT2D eigenvalue weighted by molar-refractivity contribution is 6.30. The minimum absolute atomic E-state index is 0.187. The molecule has 0 radical (unpaired) electrons. The first kappa shape index (κ1) is 10.3. The lowest BCUT2D eigenvalue weighted by Gasteiger charge is -2.10. The van der Waals surface area contributed by atoms with Gasteiger partial charge < -0.3 is 5.11 Å². The minimum atomic E-state index is -3.24. The molecule has 0 saturated heterocycles. The molecule has 1 heterocycles. The number of aromatic nitrogens is 1. The number of pyridine rings is 1. The number of carboxylic acids is 1. The van der Waals surface area contributed by atoms with Gasteiger partial charge in [-0.3, -0.25) is 9.78 Å². The second-order valence-electron chi connectivity index (χ2n) is 3.45. The number of halogens is 3. The number of hydrogen-bond acceptors (Lipinski definition) is 2. The molecule has 0 aliphatic heterocycles. The third-order valence-corrected chi connectivity index (χ3v) is 2.75. The Morgan fingerprint density at radius 2 is 2.20 bits per heavy atom. The molecule has 1 unspecified atom stereocenters. The molecule has 0 spiro atoms. The van der Waals surface area contributed by atoms with E-state index in [9.17, 15) is 13.6 Å². The molecule has 80 valence electrons. The minimum Gasteiger partial charge on any atom is -0.480 e. The highest BCUT2D eigenvalue weighted by Crippen LogP contribution is 2.61. The molecule has 3 nitrogen and oxygen atoms in total. The molecular formula is C9H6ClF2NO2. The molecule has 0 aromatic carbocycles. The van der Waals surface area contributed by atoms with Crippen LogP contribution in [0.25, 0.3) is 0 Å². The lowest BCUT2D eigenvalue weighted by Crippen LogP contribution is -2.28. The van der Waals surface area contributed by atoms with Crippen LogP contribution in [0.5, 0.6) is 0 Å². The largest absolute Gasteiger partial charge is 0.480 e. The predicted molar refractivity (Wildman–Crippen MR) is 48.1 cm³/mol. The number of hydrogen-bond donors (Lipinski definition) is 1. The van der Waals surface area contributed by atoms with Gasteiger partial charge in [0.2, 0.25) is 0 Å². The first-order valence-electron chi connectivity index (χ1n) is 4.13. The van der Waals surface area contributed by atoms with Crippen LogP contribution < -0.4 is 0 Å². The summed E-state index contributed by atoms with van der Waals surface area (Å²) >= 11 is 5.60. The van der Waals surface area contributed by atoms with Crippen LogP contribution in [0, 0.1) is 0 Å². The van der Waals surface area contributed by atoms with Gasteiger partial charge in [0.05, 0.1) is 5.69 Å². The maximum Gasteiger partial charge on any atom is 0.322 e. The standard InChI is InChI=1S/C9H6ClF2NO2/c10-5-1-2-13-6(3-5)8(7(14)15)4-9(8,11)12/h1-3H,4H2,(H,14,15). The molecule has 0 bridgehead atoms. The highest BCUT2D eigenvalue weighted by atomic mass is 35.5.